The molecule has 2 amide bonds. The third-order valence-electron chi connectivity index (χ3n) is 6.63. The van der Waals surface area contributed by atoms with Crippen molar-refractivity contribution in [1.82, 2.24) is 15.2 Å². The van der Waals surface area contributed by atoms with Crippen LogP contribution in [0.4, 0.5) is 5.13 Å². The van der Waals surface area contributed by atoms with Crippen LogP contribution in [-0.4, -0.2) is 76.5 Å². The predicted molar refractivity (Wildman–Crippen MR) is 167 cm³/mol. The van der Waals surface area contributed by atoms with E-state index < -0.39 is 47.9 Å². The standard InChI is InChI=1S/C29H27N5O7S3/c1-39-20(35)13-40-33-21(18-14-44-29(30)31-18)25(36)32-22-26(37)34-23(19(42-2)15-43-27(22)34)28(38)41-24(16-9-5-3-6-10-16)17-11-7-4-8-12-17/h3-12,14,22,24,27H,13,15H2,1-2H3,(H2,30,31)(H,32,36)/b33-21+. The van der Waals surface area contributed by atoms with Crippen LogP contribution in [-0.2, 0) is 33.5 Å². The minimum atomic E-state index is -0.973. The number of carbonyl (C=O) groups is 4. The van der Waals surface area contributed by atoms with E-state index in [0.29, 0.717) is 10.7 Å². The Morgan fingerprint density at radius 3 is 2.36 bits per heavy atom. The number of ether oxygens (including phenoxy) is 2. The number of oxime groups is 1. The second kappa shape index (κ2) is 14.0. The Bertz CT molecular complexity index is 1570. The van der Waals surface area contributed by atoms with Crippen molar-refractivity contribution in [3.05, 3.63) is 93.5 Å². The molecule has 2 aliphatic rings. The second-order valence-corrected chi connectivity index (χ2v) is 12.2. The number of nitrogens with zero attached hydrogens (tertiary/aromatic N) is 3. The number of fused-ring (bicyclic) bond motifs is 1. The Kier molecular flexibility index (Phi) is 9.87. The Morgan fingerprint density at radius 1 is 1.14 bits per heavy atom. The monoisotopic (exact) mass is 653 g/mol. The third kappa shape index (κ3) is 6.59. The fourth-order valence-corrected chi connectivity index (χ4v) is 7.30. The number of hydrogen-bond acceptors (Lipinski definition) is 13. The first-order valence-corrected chi connectivity index (χ1v) is 16.3. The fourth-order valence-electron chi connectivity index (χ4n) is 4.50. The van der Waals surface area contributed by atoms with E-state index in [1.807, 2.05) is 66.9 Å². The molecule has 15 heteroatoms. The molecule has 2 aliphatic heterocycles. The molecule has 1 saturated heterocycles. The molecule has 2 unspecified atom stereocenters. The summed E-state index contributed by atoms with van der Waals surface area (Å²) in [4.78, 5) is 63.2. The molecule has 2 atom stereocenters. The molecule has 12 nitrogen and oxygen atoms in total. The van der Waals surface area contributed by atoms with Gasteiger partial charge in [-0.1, -0.05) is 65.8 Å². The summed E-state index contributed by atoms with van der Waals surface area (Å²) in [6.45, 7) is -0.539. The maximum absolute atomic E-state index is 13.8. The van der Waals surface area contributed by atoms with Crippen molar-refractivity contribution in [2.45, 2.75) is 17.5 Å². The van der Waals surface area contributed by atoms with E-state index in [9.17, 15) is 19.2 Å². The van der Waals surface area contributed by atoms with Crippen LogP contribution in [0.2, 0.25) is 0 Å². The molecule has 0 aliphatic carbocycles. The number of esters is 2. The zero-order chi connectivity index (χ0) is 31.2. The first kappa shape index (κ1) is 31.1. The van der Waals surface area contributed by atoms with E-state index in [-0.39, 0.29) is 22.2 Å². The molecule has 5 rings (SSSR count). The maximum Gasteiger partial charge on any atom is 0.356 e. The van der Waals surface area contributed by atoms with Gasteiger partial charge in [-0.15, -0.1) is 34.9 Å². The van der Waals surface area contributed by atoms with Crippen molar-refractivity contribution in [2.24, 2.45) is 5.16 Å². The highest BCUT2D eigenvalue weighted by molar-refractivity contribution is 8.05. The van der Waals surface area contributed by atoms with Crippen molar-refractivity contribution >= 4 is 69.5 Å². The zero-order valence-corrected chi connectivity index (χ0v) is 25.9. The lowest BCUT2D eigenvalue weighted by Crippen LogP contribution is -2.71. The van der Waals surface area contributed by atoms with Gasteiger partial charge in [-0.25, -0.2) is 14.6 Å². The van der Waals surface area contributed by atoms with Gasteiger partial charge in [0.25, 0.3) is 11.8 Å². The lowest BCUT2D eigenvalue weighted by molar-refractivity contribution is -0.154. The quantitative estimate of drug-likeness (QED) is 0.135. The van der Waals surface area contributed by atoms with Gasteiger partial charge in [0.1, 0.15) is 22.8 Å². The maximum atomic E-state index is 13.8. The number of nitrogen functional groups attached to an aromatic ring is 1. The van der Waals surface area contributed by atoms with Crippen LogP contribution >= 0.6 is 34.9 Å². The second-order valence-electron chi connectivity index (χ2n) is 9.30. The van der Waals surface area contributed by atoms with Gasteiger partial charge in [-0.2, -0.15) is 0 Å². The molecule has 228 valence electrons. The fraction of sp³-hybridized carbons (Fsp3) is 0.241. The SMILES string of the molecule is COC(=O)CO/N=C(/C(=O)NC1C(=O)N2C(C(=O)OC(c3ccccc3)c3ccccc3)=C(SC)CSC12)c1csc(N)n1. The van der Waals surface area contributed by atoms with Crippen molar-refractivity contribution in [3.8, 4) is 0 Å². The first-order chi connectivity index (χ1) is 21.3. The molecule has 2 aromatic carbocycles. The van der Waals surface area contributed by atoms with E-state index in [0.717, 1.165) is 22.5 Å². The number of aromatic nitrogens is 1. The van der Waals surface area contributed by atoms with Crippen molar-refractivity contribution in [3.63, 3.8) is 0 Å². The zero-order valence-electron chi connectivity index (χ0n) is 23.5. The number of nitrogens with one attached hydrogen (secondary N) is 1. The Labute approximate surface area is 265 Å². The molecule has 0 saturated carbocycles. The van der Waals surface area contributed by atoms with Crippen LogP contribution in [0.15, 0.2) is 81.8 Å². The Balaban J connectivity index is 1.35. The number of amides is 2. The summed E-state index contributed by atoms with van der Waals surface area (Å²) in [5, 5.41) is 7.55. The van der Waals surface area contributed by atoms with Gasteiger partial charge in [0.15, 0.2) is 16.9 Å². The average Bonchev–Trinajstić information content (AvgIpc) is 3.49. The van der Waals surface area contributed by atoms with Gasteiger partial charge >= 0.3 is 11.9 Å². The summed E-state index contributed by atoms with van der Waals surface area (Å²) < 4.78 is 10.6. The summed E-state index contributed by atoms with van der Waals surface area (Å²) in [5.74, 6) is -2.17. The Hall–Kier alpha value is -4.34. The molecule has 3 aromatic rings. The molecule has 0 spiro atoms. The molecule has 0 bridgehead atoms. The smallest absolute Gasteiger partial charge is 0.356 e. The number of nitrogens with two attached hydrogens (primary N) is 1. The first-order valence-electron chi connectivity index (χ1n) is 13.1. The number of thioether (sulfide) groups is 2. The lowest BCUT2D eigenvalue weighted by atomic mass is 10.0. The van der Waals surface area contributed by atoms with Crippen LogP contribution in [0.1, 0.15) is 22.9 Å². The summed E-state index contributed by atoms with van der Waals surface area (Å²) in [7, 11) is 1.18. The van der Waals surface area contributed by atoms with E-state index >= 15 is 0 Å². The van der Waals surface area contributed by atoms with E-state index in [1.54, 1.807) is 0 Å². The van der Waals surface area contributed by atoms with Crippen LogP contribution in [0.5, 0.6) is 0 Å². The summed E-state index contributed by atoms with van der Waals surface area (Å²) in [6.07, 6.45) is 1.13. The van der Waals surface area contributed by atoms with Crippen LogP contribution in [0, 0.1) is 0 Å². The number of β-lactam (4-membered cyclic amide) rings is 1. The number of rotatable bonds is 11. The third-order valence-corrected chi connectivity index (χ3v) is 9.60. The molecule has 1 fully saturated rings. The number of anilines is 1. The molecule has 44 heavy (non-hydrogen) atoms. The van der Waals surface area contributed by atoms with E-state index in [4.69, 9.17) is 15.3 Å². The Morgan fingerprint density at radius 2 is 1.80 bits per heavy atom. The number of hydrogen-bond donors (Lipinski definition) is 2. The number of methoxy groups -OCH3 is 1. The van der Waals surface area contributed by atoms with Crippen LogP contribution < -0.4 is 11.1 Å². The molecular formula is C29H27N5O7S3. The van der Waals surface area contributed by atoms with Gasteiger partial charge in [0.2, 0.25) is 6.61 Å². The van der Waals surface area contributed by atoms with Crippen molar-refractivity contribution in [1.29, 1.82) is 0 Å². The normalized spacial score (nSPS) is 17.9. The van der Waals surface area contributed by atoms with Gasteiger partial charge in [0, 0.05) is 16.0 Å². The molecule has 1 aromatic heterocycles. The van der Waals surface area contributed by atoms with Crippen LogP contribution in [0.25, 0.3) is 0 Å². The highest BCUT2D eigenvalue weighted by atomic mass is 32.2. The topological polar surface area (TPSA) is 163 Å². The van der Waals surface area contributed by atoms with Crippen molar-refractivity contribution < 1.29 is 33.5 Å². The summed E-state index contributed by atoms with van der Waals surface area (Å²) in [6, 6.07) is 17.7. The van der Waals surface area contributed by atoms with E-state index in [1.165, 1.54) is 40.9 Å². The number of carbonyl (C=O) groups excluding carboxylic acids is 4. The summed E-state index contributed by atoms with van der Waals surface area (Å²) in [5.41, 5.74) is 7.28. The molecule has 3 N–H and O–H groups in total. The van der Waals surface area contributed by atoms with Gasteiger partial charge in [-0.05, 0) is 17.4 Å². The predicted octanol–water partition coefficient (Wildman–Crippen LogP) is 2.93. The van der Waals surface area contributed by atoms with Crippen molar-refractivity contribution in [2.75, 3.05) is 31.5 Å². The number of benzene rings is 2. The highest BCUT2D eigenvalue weighted by Gasteiger charge is 2.55. The number of thiazole rings is 1. The summed E-state index contributed by atoms with van der Waals surface area (Å²) >= 11 is 3.85. The molecule has 0 radical (unpaired) electrons. The minimum absolute atomic E-state index is 0.108. The highest BCUT2D eigenvalue weighted by Crippen LogP contribution is 2.44. The largest absolute Gasteiger partial charge is 0.466 e. The van der Waals surface area contributed by atoms with Gasteiger partial charge < -0.3 is 25.4 Å². The molecular weight excluding hydrogens is 627 g/mol. The minimum Gasteiger partial charge on any atom is -0.466 e. The van der Waals surface area contributed by atoms with E-state index in [2.05, 4.69) is 20.2 Å². The van der Waals surface area contributed by atoms with Gasteiger partial charge in [-0.3, -0.25) is 14.5 Å². The average molecular weight is 654 g/mol. The van der Waals surface area contributed by atoms with Gasteiger partial charge in [0.05, 0.1) is 7.11 Å². The lowest BCUT2D eigenvalue weighted by Gasteiger charge is -2.49. The molecule has 3 heterocycles. The van der Waals surface area contributed by atoms with Crippen LogP contribution in [0.3, 0.4) is 0 Å².